The summed E-state index contributed by atoms with van der Waals surface area (Å²) in [7, 11) is -0.949. The first-order valence-electron chi connectivity index (χ1n) is 6.59. The molecule has 1 aromatic carbocycles. The molecule has 0 heterocycles. The second-order valence-electron chi connectivity index (χ2n) is 4.85. The Bertz CT molecular complexity index is 424. The maximum Gasteiger partial charge on any atom is 0.135 e. The molecule has 19 heavy (non-hydrogen) atoms. The van der Waals surface area contributed by atoms with Crippen LogP contribution < -0.4 is 4.74 Å². The van der Waals surface area contributed by atoms with Crippen LogP contribution in [0, 0.1) is 5.92 Å². The Morgan fingerprint density at radius 2 is 1.84 bits per heavy atom. The Labute approximate surface area is 117 Å². The van der Waals surface area contributed by atoms with E-state index in [1.165, 1.54) is 0 Å². The lowest BCUT2D eigenvalue weighted by molar-refractivity contribution is -0.122. The van der Waals surface area contributed by atoms with Crippen LogP contribution in [0.15, 0.2) is 29.2 Å². The molecule has 0 aliphatic carbocycles. The van der Waals surface area contributed by atoms with E-state index < -0.39 is 10.8 Å². The van der Waals surface area contributed by atoms with Gasteiger partial charge in [-0.3, -0.25) is 9.00 Å². The summed E-state index contributed by atoms with van der Waals surface area (Å²) in [4.78, 5) is 12.2. The molecule has 0 radical (unpaired) electrons. The molecule has 1 aromatic rings. The van der Waals surface area contributed by atoms with Crippen molar-refractivity contribution in [2.75, 3.05) is 12.9 Å². The highest BCUT2D eigenvalue weighted by atomic mass is 32.2. The molecule has 0 aromatic heterocycles. The number of rotatable bonds is 8. The lowest BCUT2D eigenvalue weighted by Crippen LogP contribution is -2.07. The minimum atomic E-state index is -0.949. The Balaban J connectivity index is 2.22. The van der Waals surface area contributed by atoms with E-state index in [1.54, 1.807) is 6.26 Å². The van der Waals surface area contributed by atoms with Crippen LogP contribution in [-0.2, 0) is 15.6 Å². The fourth-order valence-corrected chi connectivity index (χ4v) is 2.13. The molecule has 0 fully saturated rings. The molecule has 3 nitrogen and oxygen atoms in total. The first kappa shape index (κ1) is 15.9. The lowest BCUT2D eigenvalue weighted by Gasteiger charge is -2.07. The van der Waals surface area contributed by atoms with Crippen LogP contribution in [0.2, 0.25) is 0 Å². The predicted octanol–water partition coefficient (Wildman–Crippen LogP) is 3.20. The summed E-state index contributed by atoms with van der Waals surface area (Å²) < 4.78 is 16.8. The van der Waals surface area contributed by atoms with Crippen molar-refractivity contribution in [2.24, 2.45) is 5.92 Å². The van der Waals surface area contributed by atoms with Gasteiger partial charge >= 0.3 is 0 Å². The minimum absolute atomic E-state index is 0.128. The summed E-state index contributed by atoms with van der Waals surface area (Å²) in [5, 5.41) is 0. The molecule has 0 aliphatic heterocycles. The number of hydrogen-bond acceptors (Lipinski definition) is 3. The zero-order valence-electron chi connectivity index (χ0n) is 11.8. The van der Waals surface area contributed by atoms with Crippen LogP contribution in [0.4, 0.5) is 0 Å². The van der Waals surface area contributed by atoms with Gasteiger partial charge in [-0.25, -0.2) is 0 Å². The van der Waals surface area contributed by atoms with Gasteiger partial charge in [0.2, 0.25) is 0 Å². The lowest BCUT2D eigenvalue weighted by atomic mass is 10.0. The summed E-state index contributed by atoms with van der Waals surface area (Å²) >= 11 is 0. The highest BCUT2D eigenvalue weighted by Crippen LogP contribution is 2.14. The number of ether oxygens (including phenoxy) is 1. The molecule has 0 saturated heterocycles. The van der Waals surface area contributed by atoms with Crippen LogP contribution in [0.3, 0.4) is 0 Å². The fraction of sp³-hybridized carbons (Fsp3) is 0.533. The van der Waals surface area contributed by atoms with Crippen molar-refractivity contribution in [1.29, 1.82) is 0 Å². The van der Waals surface area contributed by atoms with Crippen LogP contribution in [0.1, 0.15) is 33.1 Å². The van der Waals surface area contributed by atoms with Gasteiger partial charge in [0.05, 0.1) is 6.61 Å². The van der Waals surface area contributed by atoms with Gasteiger partial charge in [-0.1, -0.05) is 13.8 Å². The third-order valence-corrected chi connectivity index (χ3v) is 3.82. The van der Waals surface area contributed by atoms with Crippen LogP contribution in [0.5, 0.6) is 5.75 Å². The highest BCUT2D eigenvalue weighted by molar-refractivity contribution is 7.84. The van der Waals surface area contributed by atoms with E-state index in [4.69, 9.17) is 4.74 Å². The van der Waals surface area contributed by atoms with E-state index in [1.807, 2.05) is 38.1 Å². The van der Waals surface area contributed by atoms with Gasteiger partial charge in [0.15, 0.2) is 0 Å². The van der Waals surface area contributed by atoms with E-state index in [0.717, 1.165) is 23.5 Å². The summed E-state index contributed by atoms with van der Waals surface area (Å²) in [5.74, 6) is 1.22. The maximum atomic E-state index is 11.4. The van der Waals surface area contributed by atoms with Gasteiger partial charge in [0.25, 0.3) is 0 Å². The van der Waals surface area contributed by atoms with Gasteiger partial charge < -0.3 is 4.74 Å². The Kier molecular flexibility index (Phi) is 6.78. The normalized spacial score (nSPS) is 12.4. The Morgan fingerprint density at radius 3 is 2.37 bits per heavy atom. The predicted molar refractivity (Wildman–Crippen MR) is 78.0 cm³/mol. The van der Waals surface area contributed by atoms with Crippen LogP contribution in [-0.4, -0.2) is 22.9 Å². The van der Waals surface area contributed by atoms with E-state index in [-0.39, 0.29) is 5.92 Å². The minimum Gasteiger partial charge on any atom is -0.494 e. The molecule has 0 saturated carbocycles. The fourth-order valence-electron chi connectivity index (χ4n) is 1.61. The Hall–Kier alpha value is -1.16. The summed E-state index contributed by atoms with van der Waals surface area (Å²) in [6, 6.07) is 7.29. The maximum absolute atomic E-state index is 11.4. The van der Waals surface area contributed by atoms with E-state index in [9.17, 15) is 9.00 Å². The molecule has 0 bridgehead atoms. The monoisotopic (exact) mass is 282 g/mol. The molecule has 0 spiro atoms. The van der Waals surface area contributed by atoms with Gasteiger partial charge in [0, 0.05) is 34.3 Å². The van der Waals surface area contributed by atoms with Crippen molar-refractivity contribution in [1.82, 2.24) is 0 Å². The van der Waals surface area contributed by atoms with Crippen molar-refractivity contribution >= 4 is 16.6 Å². The van der Waals surface area contributed by atoms with E-state index in [0.29, 0.717) is 18.8 Å². The number of Topliss-reactive ketones (excluding diaryl/α,β-unsaturated/α-hetero) is 1. The second kappa shape index (κ2) is 8.10. The number of carbonyl (C=O) groups is 1. The highest BCUT2D eigenvalue weighted by Gasteiger charge is 2.06. The third-order valence-electron chi connectivity index (χ3n) is 2.89. The molecule has 1 atom stereocenters. The first-order valence-corrected chi connectivity index (χ1v) is 8.15. The molecule has 0 aliphatic rings. The van der Waals surface area contributed by atoms with Crippen LogP contribution in [0.25, 0.3) is 0 Å². The second-order valence-corrected chi connectivity index (χ2v) is 6.23. The van der Waals surface area contributed by atoms with E-state index in [2.05, 4.69) is 0 Å². The number of benzene rings is 1. The molecule has 4 heteroatoms. The molecular weight excluding hydrogens is 260 g/mol. The topological polar surface area (TPSA) is 43.4 Å². The zero-order chi connectivity index (χ0) is 14.3. The van der Waals surface area contributed by atoms with Crippen molar-refractivity contribution in [3.63, 3.8) is 0 Å². The van der Waals surface area contributed by atoms with Crippen molar-refractivity contribution < 1.29 is 13.7 Å². The quantitative estimate of drug-likeness (QED) is 0.688. The summed E-state index contributed by atoms with van der Waals surface area (Å²) in [6.07, 6.45) is 4.03. The SMILES string of the molecule is CC(C)C(=O)CCCCOc1ccc(S(C)=O)cc1. The number of carbonyl (C=O) groups excluding carboxylic acids is 1. The van der Waals surface area contributed by atoms with Crippen molar-refractivity contribution in [3.8, 4) is 5.75 Å². The zero-order valence-corrected chi connectivity index (χ0v) is 12.7. The first-order chi connectivity index (χ1) is 9.00. The molecule has 1 rings (SSSR count). The third kappa shape index (κ3) is 6.01. The van der Waals surface area contributed by atoms with Gasteiger partial charge in [0.1, 0.15) is 11.5 Å². The smallest absolute Gasteiger partial charge is 0.135 e. The van der Waals surface area contributed by atoms with Crippen LogP contribution >= 0.6 is 0 Å². The van der Waals surface area contributed by atoms with Crippen molar-refractivity contribution in [3.05, 3.63) is 24.3 Å². The molecule has 106 valence electrons. The summed E-state index contributed by atoms with van der Waals surface area (Å²) in [6.45, 7) is 4.47. The van der Waals surface area contributed by atoms with E-state index >= 15 is 0 Å². The molecule has 0 amide bonds. The standard InChI is InChI=1S/C15H22O3S/c1-12(2)15(16)6-4-5-11-18-13-7-9-14(10-8-13)19(3)17/h7-10,12H,4-6,11H2,1-3H3. The Morgan fingerprint density at radius 1 is 1.21 bits per heavy atom. The summed E-state index contributed by atoms with van der Waals surface area (Å²) in [5.41, 5.74) is 0. The number of unbranched alkanes of at least 4 members (excludes halogenated alkanes) is 1. The van der Waals surface area contributed by atoms with Crippen molar-refractivity contribution in [2.45, 2.75) is 38.0 Å². The largest absolute Gasteiger partial charge is 0.494 e. The average molecular weight is 282 g/mol. The molecule has 0 N–H and O–H groups in total. The van der Waals surface area contributed by atoms with Gasteiger partial charge in [-0.2, -0.15) is 0 Å². The number of ketones is 1. The molecular formula is C15H22O3S. The number of hydrogen-bond donors (Lipinski definition) is 0. The average Bonchev–Trinajstić information content (AvgIpc) is 2.38. The van der Waals surface area contributed by atoms with Gasteiger partial charge in [-0.05, 0) is 37.1 Å². The van der Waals surface area contributed by atoms with Gasteiger partial charge in [-0.15, -0.1) is 0 Å². The molecule has 1 unspecified atom stereocenters.